The predicted octanol–water partition coefficient (Wildman–Crippen LogP) is 3.44. The first-order chi connectivity index (χ1) is 13.9. The lowest BCUT2D eigenvalue weighted by atomic mass is 10.2. The fourth-order valence-corrected chi connectivity index (χ4v) is 3.01. The van der Waals surface area contributed by atoms with Gasteiger partial charge in [0.2, 0.25) is 5.88 Å². The van der Waals surface area contributed by atoms with E-state index in [1.807, 2.05) is 0 Å². The van der Waals surface area contributed by atoms with E-state index in [1.54, 1.807) is 24.5 Å². The second kappa shape index (κ2) is 7.53. The van der Waals surface area contributed by atoms with E-state index in [9.17, 15) is 18.0 Å². The number of rotatable bonds is 4. The van der Waals surface area contributed by atoms with E-state index in [2.05, 4.69) is 15.1 Å². The van der Waals surface area contributed by atoms with Gasteiger partial charge in [0, 0.05) is 49.3 Å². The monoisotopic (exact) mass is 404 g/mol. The molecule has 3 aromatic rings. The van der Waals surface area contributed by atoms with Gasteiger partial charge in [-0.3, -0.25) is 9.78 Å². The summed E-state index contributed by atoms with van der Waals surface area (Å²) in [5.41, 5.74) is -0.00189. The molecule has 1 amide bonds. The molecule has 10 heteroatoms. The standard InChI is InChI=1S/C19H15F3N4O3/c20-19(21,22)13-3-6-24-17(8-13)28-14-4-7-26(11-14)18(27)15-9-16(29-25-15)12-2-1-5-23-10-12/h1-3,5-6,8-10,14H,4,7,11H2/t14-/m1/s1. The van der Waals surface area contributed by atoms with Crippen molar-refractivity contribution in [2.45, 2.75) is 18.7 Å². The molecule has 1 aliphatic rings. The number of nitrogens with zero attached hydrogens (tertiary/aromatic N) is 4. The second-order valence-corrected chi connectivity index (χ2v) is 6.48. The van der Waals surface area contributed by atoms with Crippen LogP contribution in [-0.4, -0.2) is 45.1 Å². The quantitative estimate of drug-likeness (QED) is 0.663. The molecule has 4 heterocycles. The van der Waals surface area contributed by atoms with Crippen LogP contribution in [0.15, 0.2) is 53.4 Å². The highest BCUT2D eigenvalue weighted by molar-refractivity contribution is 5.93. The molecule has 0 saturated carbocycles. The number of aromatic nitrogens is 3. The molecule has 4 rings (SSSR count). The lowest BCUT2D eigenvalue weighted by Gasteiger charge is -2.16. The summed E-state index contributed by atoms with van der Waals surface area (Å²) in [5.74, 6) is -0.0481. The third-order valence-corrected chi connectivity index (χ3v) is 4.46. The number of hydrogen-bond acceptors (Lipinski definition) is 6. The highest BCUT2D eigenvalue weighted by Gasteiger charge is 2.33. The maximum Gasteiger partial charge on any atom is 0.416 e. The van der Waals surface area contributed by atoms with Gasteiger partial charge in [0.1, 0.15) is 6.10 Å². The summed E-state index contributed by atoms with van der Waals surface area (Å²) >= 11 is 0. The van der Waals surface area contributed by atoms with Crippen LogP contribution in [0.4, 0.5) is 13.2 Å². The Balaban J connectivity index is 1.40. The zero-order valence-electron chi connectivity index (χ0n) is 15.0. The first kappa shape index (κ1) is 18.9. The highest BCUT2D eigenvalue weighted by Crippen LogP contribution is 2.31. The van der Waals surface area contributed by atoms with Crippen molar-refractivity contribution in [2.24, 2.45) is 0 Å². The summed E-state index contributed by atoms with van der Waals surface area (Å²) < 4.78 is 49.2. The third kappa shape index (κ3) is 4.20. The van der Waals surface area contributed by atoms with Crippen molar-refractivity contribution in [3.63, 3.8) is 0 Å². The molecule has 1 atom stereocenters. The molecular weight excluding hydrogens is 389 g/mol. The minimum Gasteiger partial charge on any atom is -0.472 e. The lowest BCUT2D eigenvalue weighted by molar-refractivity contribution is -0.137. The molecule has 0 aromatic carbocycles. The summed E-state index contributed by atoms with van der Waals surface area (Å²) in [7, 11) is 0. The molecule has 0 spiro atoms. The van der Waals surface area contributed by atoms with Crippen molar-refractivity contribution < 1.29 is 27.2 Å². The van der Waals surface area contributed by atoms with Gasteiger partial charge in [-0.25, -0.2) is 4.98 Å². The smallest absolute Gasteiger partial charge is 0.416 e. The summed E-state index contributed by atoms with van der Waals surface area (Å²) in [4.78, 5) is 22.0. The zero-order chi connectivity index (χ0) is 20.4. The molecule has 3 aromatic heterocycles. The van der Waals surface area contributed by atoms with Gasteiger partial charge in [0.25, 0.3) is 5.91 Å². The molecule has 7 nitrogen and oxygen atoms in total. The summed E-state index contributed by atoms with van der Waals surface area (Å²) in [6.45, 7) is 0.601. The Hall–Kier alpha value is -3.43. The fraction of sp³-hybridized carbons (Fsp3) is 0.263. The molecule has 29 heavy (non-hydrogen) atoms. The van der Waals surface area contributed by atoms with E-state index >= 15 is 0 Å². The van der Waals surface area contributed by atoms with Crippen molar-refractivity contribution >= 4 is 5.91 Å². The molecule has 0 N–H and O–H groups in total. The van der Waals surface area contributed by atoms with E-state index in [1.165, 1.54) is 11.0 Å². The van der Waals surface area contributed by atoms with Gasteiger partial charge in [0.15, 0.2) is 11.5 Å². The average molecular weight is 404 g/mol. The van der Waals surface area contributed by atoms with E-state index in [0.717, 1.165) is 18.3 Å². The number of pyridine rings is 2. The molecule has 1 fully saturated rings. The van der Waals surface area contributed by atoms with Crippen LogP contribution in [0, 0.1) is 0 Å². The number of carbonyl (C=O) groups excluding carboxylic acids is 1. The second-order valence-electron chi connectivity index (χ2n) is 6.48. The Morgan fingerprint density at radius 2 is 2.10 bits per heavy atom. The minimum absolute atomic E-state index is 0.126. The normalized spacial score (nSPS) is 16.8. The van der Waals surface area contributed by atoms with Crippen LogP contribution in [0.25, 0.3) is 11.3 Å². The highest BCUT2D eigenvalue weighted by atomic mass is 19.4. The maximum absolute atomic E-state index is 12.8. The molecule has 0 bridgehead atoms. The molecule has 0 radical (unpaired) electrons. The topological polar surface area (TPSA) is 81.4 Å². The number of carbonyl (C=O) groups is 1. The van der Waals surface area contributed by atoms with E-state index in [-0.39, 0.29) is 24.0 Å². The Morgan fingerprint density at radius 1 is 1.24 bits per heavy atom. The Morgan fingerprint density at radius 3 is 2.86 bits per heavy atom. The van der Waals surface area contributed by atoms with E-state index in [4.69, 9.17) is 9.26 Å². The number of hydrogen-bond donors (Lipinski definition) is 0. The molecule has 1 saturated heterocycles. The zero-order valence-corrected chi connectivity index (χ0v) is 15.0. The SMILES string of the molecule is O=C(c1cc(-c2cccnc2)on1)N1CC[C@@H](Oc2cc(C(F)(F)F)ccn2)C1. The molecule has 1 aliphatic heterocycles. The van der Waals surface area contributed by atoms with Crippen molar-refractivity contribution in [3.05, 3.63) is 60.2 Å². The minimum atomic E-state index is -4.47. The summed E-state index contributed by atoms with van der Waals surface area (Å²) in [6, 6.07) is 6.78. The van der Waals surface area contributed by atoms with Crippen LogP contribution < -0.4 is 4.74 Å². The van der Waals surface area contributed by atoms with Gasteiger partial charge >= 0.3 is 6.18 Å². The average Bonchev–Trinajstić information content (AvgIpc) is 3.38. The molecule has 150 valence electrons. The predicted molar refractivity (Wildman–Crippen MR) is 93.9 cm³/mol. The van der Waals surface area contributed by atoms with Crippen LogP contribution in [0.2, 0.25) is 0 Å². The lowest BCUT2D eigenvalue weighted by Crippen LogP contribution is -2.31. The largest absolute Gasteiger partial charge is 0.472 e. The van der Waals surface area contributed by atoms with E-state index in [0.29, 0.717) is 24.3 Å². The van der Waals surface area contributed by atoms with Gasteiger partial charge in [0.05, 0.1) is 12.1 Å². The Kier molecular flexibility index (Phi) is 4.91. The Labute approximate surface area is 163 Å². The Bertz CT molecular complexity index is 1010. The van der Waals surface area contributed by atoms with Crippen molar-refractivity contribution in [1.29, 1.82) is 0 Å². The van der Waals surface area contributed by atoms with Crippen molar-refractivity contribution in [1.82, 2.24) is 20.0 Å². The third-order valence-electron chi connectivity index (χ3n) is 4.46. The molecule has 0 aliphatic carbocycles. The van der Waals surface area contributed by atoms with Crippen molar-refractivity contribution in [3.8, 4) is 17.2 Å². The number of amides is 1. The van der Waals surface area contributed by atoms with Crippen molar-refractivity contribution in [2.75, 3.05) is 13.1 Å². The van der Waals surface area contributed by atoms with Crippen LogP contribution >= 0.6 is 0 Å². The van der Waals surface area contributed by atoms with E-state index < -0.39 is 17.8 Å². The number of halogens is 3. The number of likely N-dealkylation sites (tertiary alicyclic amines) is 1. The fourth-order valence-electron chi connectivity index (χ4n) is 3.01. The molecular formula is C19H15F3N4O3. The number of alkyl halides is 3. The van der Waals surface area contributed by atoms with Gasteiger partial charge in [-0.15, -0.1) is 0 Å². The van der Waals surface area contributed by atoms with Crippen LogP contribution in [0.3, 0.4) is 0 Å². The van der Waals surface area contributed by atoms with Gasteiger partial charge < -0.3 is 14.2 Å². The van der Waals surface area contributed by atoms with Crippen LogP contribution in [-0.2, 0) is 6.18 Å². The summed E-state index contributed by atoms with van der Waals surface area (Å²) in [5, 5.41) is 3.81. The van der Waals surface area contributed by atoms with Gasteiger partial charge in [-0.05, 0) is 18.2 Å². The summed E-state index contributed by atoms with van der Waals surface area (Å²) in [6.07, 6.45) is -0.203. The number of ether oxygens (including phenoxy) is 1. The van der Waals surface area contributed by atoms with Crippen LogP contribution in [0.5, 0.6) is 5.88 Å². The van der Waals surface area contributed by atoms with Crippen LogP contribution in [0.1, 0.15) is 22.5 Å². The maximum atomic E-state index is 12.8. The molecule has 0 unspecified atom stereocenters. The first-order valence-electron chi connectivity index (χ1n) is 8.76. The van der Waals surface area contributed by atoms with Gasteiger partial charge in [-0.1, -0.05) is 5.16 Å². The first-order valence-corrected chi connectivity index (χ1v) is 8.76. The van der Waals surface area contributed by atoms with Gasteiger partial charge in [-0.2, -0.15) is 13.2 Å².